The molecule has 0 saturated carbocycles. The Hall–Kier alpha value is -2.49. The first-order valence-electron chi connectivity index (χ1n) is 6.86. The van der Waals surface area contributed by atoms with Crippen LogP contribution in [0.1, 0.15) is 11.1 Å². The van der Waals surface area contributed by atoms with E-state index in [0.717, 1.165) is 42.2 Å². The minimum atomic E-state index is 0.761. The number of H-pyrrole nitrogens is 1. The molecule has 0 aliphatic carbocycles. The smallest absolute Gasteiger partial charge is 0.204 e. The van der Waals surface area contributed by atoms with Crippen LogP contribution in [-0.4, -0.2) is 16.5 Å². The van der Waals surface area contributed by atoms with Crippen molar-refractivity contribution in [3.63, 3.8) is 0 Å². The van der Waals surface area contributed by atoms with Crippen molar-refractivity contribution < 1.29 is 0 Å². The maximum Gasteiger partial charge on any atom is 0.204 e. The highest BCUT2D eigenvalue weighted by atomic mass is 15.3. The maximum atomic E-state index is 5.81. The van der Waals surface area contributed by atoms with Crippen molar-refractivity contribution in [1.29, 1.82) is 0 Å². The number of imidazole rings is 1. The Bertz CT molecular complexity index is 775. The lowest BCUT2D eigenvalue weighted by molar-refractivity contribution is 0.714. The van der Waals surface area contributed by atoms with Crippen LogP contribution in [0, 0.1) is 0 Å². The van der Waals surface area contributed by atoms with Gasteiger partial charge >= 0.3 is 0 Å². The Balaban J connectivity index is 1.70. The predicted molar refractivity (Wildman–Crippen MR) is 81.7 cm³/mol. The van der Waals surface area contributed by atoms with E-state index in [0.29, 0.717) is 0 Å². The van der Waals surface area contributed by atoms with Crippen molar-refractivity contribution in [3.05, 3.63) is 53.6 Å². The molecule has 100 valence electrons. The summed E-state index contributed by atoms with van der Waals surface area (Å²) >= 11 is 0. The SMILES string of the molecule is Nc1ccc2nc(N3CCc4ccccc4C3)[nH]c2c1. The van der Waals surface area contributed by atoms with E-state index in [9.17, 15) is 0 Å². The minimum absolute atomic E-state index is 0.761. The second-order valence-electron chi connectivity index (χ2n) is 5.28. The molecule has 0 spiro atoms. The standard InChI is InChI=1S/C16H16N4/c17-13-5-6-14-15(9-13)19-16(18-14)20-8-7-11-3-1-2-4-12(11)10-20/h1-6,9H,7-8,10,17H2,(H,18,19). The number of nitrogens with zero attached hydrogens (tertiary/aromatic N) is 2. The Labute approximate surface area is 117 Å². The molecule has 1 aliphatic rings. The van der Waals surface area contributed by atoms with Gasteiger partial charge in [0.2, 0.25) is 5.95 Å². The fourth-order valence-electron chi connectivity index (χ4n) is 2.84. The monoisotopic (exact) mass is 264 g/mol. The van der Waals surface area contributed by atoms with Gasteiger partial charge in [-0.25, -0.2) is 4.98 Å². The zero-order valence-electron chi connectivity index (χ0n) is 11.1. The number of nitrogens with two attached hydrogens (primary N) is 1. The number of rotatable bonds is 1. The number of fused-ring (bicyclic) bond motifs is 2. The highest BCUT2D eigenvalue weighted by Crippen LogP contribution is 2.25. The number of benzene rings is 2. The fourth-order valence-corrected chi connectivity index (χ4v) is 2.84. The summed E-state index contributed by atoms with van der Waals surface area (Å²) in [5.41, 5.74) is 11.4. The molecule has 0 atom stereocenters. The second kappa shape index (κ2) is 4.27. The zero-order chi connectivity index (χ0) is 13.5. The van der Waals surface area contributed by atoms with Crippen molar-refractivity contribution in [2.24, 2.45) is 0 Å². The summed E-state index contributed by atoms with van der Waals surface area (Å²) in [7, 11) is 0. The van der Waals surface area contributed by atoms with Gasteiger partial charge in [0.25, 0.3) is 0 Å². The molecule has 2 aromatic carbocycles. The molecule has 4 nitrogen and oxygen atoms in total. The summed E-state index contributed by atoms with van der Waals surface area (Å²) in [6.45, 7) is 1.90. The van der Waals surface area contributed by atoms with Crippen molar-refractivity contribution >= 4 is 22.7 Å². The molecule has 0 bridgehead atoms. The number of aromatic amines is 1. The molecule has 1 aromatic heterocycles. The lowest BCUT2D eigenvalue weighted by Gasteiger charge is -2.28. The van der Waals surface area contributed by atoms with Crippen LogP contribution in [0.3, 0.4) is 0 Å². The van der Waals surface area contributed by atoms with Gasteiger partial charge in [-0.1, -0.05) is 24.3 Å². The number of nitrogen functional groups attached to an aromatic ring is 1. The molecule has 0 unspecified atom stereocenters. The number of hydrogen-bond donors (Lipinski definition) is 2. The summed E-state index contributed by atoms with van der Waals surface area (Å²) in [4.78, 5) is 10.3. The molecular weight excluding hydrogens is 248 g/mol. The van der Waals surface area contributed by atoms with Crippen LogP contribution in [0.25, 0.3) is 11.0 Å². The van der Waals surface area contributed by atoms with Crippen LogP contribution in [0.4, 0.5) is 11.6 Å². The van der Waals surface area contributed by atoms with E-state index >= 15 is 0 Å². The zero-order valence-corrected chi connectivity index (χ0v) is 11.1. The number of hydrogen-bond acceptors (Lipinski definition) is 3. The van der Waals surface area contributed by atoms with Gasteiger partial charge in [-0.15, -0.1) is 0 Å². The summed E-state index contributed by atoms with van der Waals surface area (Å²) < 4.78 is 0. The first-order chi connectivity index (χ1) is 9.79. The Kier molecular flexibility index (Phi) is 2.42. The van der Waals surface area contributed by atoms with Crippen LogP contribution in [0.15, 0.2) is 42.5 Å². The summed E-state index contributed by atoms with van der Waals surface area (Å²) in [5, 5.41) is 0. The normalized spacial score (nSPS) is 14.5. The predicted octanol–water partition coefficient (Wildman–Crippen LogP) is 2.71. The molecule has 3 N–H and O–H groups in total. The maximum absolute atomic E-state index is 5.81. The third kappa shape index (κ3) is 1.81. The first-order valence-corrected chi connectivity index (χ1v) is 6.86. The van der Waals surface area contributed by atoms with Crippen LogP contribution in [0.5, 0.6) is 0 Å². The molecule has 4 rings (SSSR count). The third-order valence-corrected chi connectivity index (χ3v) is 3.92. The molecule has 0 fully saturated rings. The molecule has 0 radical (unpaired) electrons. The van der Waals surface area contributed by atoms with Crippen molar-refractivity contribution in [2.45, 2.75) is 13.0 Å². The lowest BCUT2D eigenvalue weighted by atomic mass is 10.0. The number of nitrogens with one attached hydrogen (secondary N) is 1. The van der Waals surface area contributed by atoms with Crippen LogP contribution in [-0.2, 0) is 13.0 Å². The van der Waals surface area contributed by atoms with Gasteiger partial charge < -0.3 is 15.6 Å². The van der Waals surface area contributed by atoms with Gasteiger partial charge in [0, 0.05) is 18.8 Å². The van der Waals surface area contributed by atoms with Crippen LogP contribution >= 0.6 is 0 Å². The molecular formula is C16H16N4. The largest absolute Gasteiger partial charge is 0.399 e. The minimum Gasteiger partial charge on any atom is -0.399 e. The Morgan fingerprint density at radius 3 is 2.85 bits per heavy atom. The van der Waals surface area contributed by atoms with E-state index < -0.39 is 0 Å². The Morgan fingerprint density at radius 1 is 1.10 bits per heavy atom. The Morgan fingerprint density at radius 2 is 1.95 bits per heavy atom. The van der Waals surface area contributed by atoms with E-state index in [4.69, 9.17) is 5.73 Å². The van der Waals surface area contributed by atoms with Gasteiger partial charge in [-0.05, 0) is 35.7 Å². The van der Waals surface area contributed by atoms with Crippen molar-refractivity contribution in [3.8, 4) is 0 Å². The summed E-state index contributed by atoms with van der Waals surface area (Å²) in [6, 6.07) is 14.4. The van der Waals surface area contributed by atoms with E-state index in [2.05, 4.69) is 39.1 Å². The van der Waals surface area contributed by atoms with Crippen LogP contribution < -0.4 is 10.6 Å². The molecule has 3 aromatic rings. The lowest BCUT2D eigenvalue weighted by Crippen LogP contribution is -2.31. The van der Waals surface area contributed by atoms with Crippen molar-refractivity contribution in [2.75, 3.05) is 17.2 Å². The highest BCUT2D eigenvalue weighted by molar-refractivity contribution is 5.80. The van der Waals surface area contributed by atoms with Gasteiger partial charge in [-0.3, -0.25) is 0 Å². The molecule has 2 heterocycles. The van der Waals surface area contributed by atoms with Gasteiger partial charge in [0.15, 0.2) is 0 Å². The highest BCUT2D eigenvalue weighted by Gasteiger charge is 2.18. The van der Waals surface area contributed by atoms with E-state index in [1.54, 1.807) is 0 Å². The van der Waals surface area contributed by atoms with E-state index in [-0.39, 0.29) is 0 Å². The molecule has 20 heavy (non-hydrogen) atoms. The quantitative estimate of drug-likeness (QED) is 0.664. The third-order valence-electron chi connectivity index (χ3n) is 3.92. The fraction of sp³-hybridized carbons (Fsp3) is 0.188. The second-order valence-corrected chi connectivity index (χ2v) is 5.28. The van der Waals surface area contributed by atoms with E-state index in [1.165, 1.54) is 11.1 Å². The molecule has 4 heteroatoms. The van der Waals surface area contributed by atoms with Gasteiger partial charge in [-0.2, -0.15) is 0 Å². The average molecular weight is 264 g/mol. The summed E-state index contributed by atoms with van der Waals surface area (Å²) in [6.07, 6.45) is 1.06. The number of anilines is 2. The topological polar surface area (TPSA) is 57.9 Å². The summed E-state index contributed by atoms with van der Waals surface area (Å²) in [5.74, 6) is 0.931. The van der Waals surface area contributed by atoms with Crippen LogP contribution in [0.2, 0.25) is 0 Å². The van der Waals surface area contributed by atoms with Gasteiger partial charge in [0.1, 0.15) is 0 Å². The van der Waals surface area contributed by atoms with E-state index in [1.807, 2.05) is 18.2 Å². The molecule has 1 aliphatic heterocycles. The molecule has 0 saturated heterocycles. The molecule has 0 amide bonds. The average Bonchev–Trinajstić information content (AvgIpc) is 2.89. The van der Waals surface area contributed by atoms with Crippen molar-refractivity contribution in [1.82, 2.24) is 9.97 Å². The van der Waals surface area contributed by atoms with Gasteiger partial charge in [0.05, 0.1) is 11.0 Å². The number of aromatic nitrogens is 2. The first kappa shape index (κ1) is 11.3.